The summed E-state index contributed by atoms with van der Waals surface area (Å²) in [5.74, 6) is -0.763. The normalized spacial score (nSPS) is 13.2. The van der Waals surface area contributed by atoms with Crippen molar-refractivity contribution in [1.29, 1.82) is 0 Å². The summed E-state index contributed by atoms with van der Waals surface area (Å²) in [6.07, 6.45) is 0. The fourth-order valence-electron chi connectivity index (χ4n) is 2.65. The zero-order valence-electron chi connectivity index (χ0n) is 13.6. The molecule has 1 aliphatic rings. The second kappa shape index (κ2) is 6.62. The maximum Gasteiger partial charge on any atom is 0.259 e. The molecule has 1 aliphatic heterocycles. The molecule has 122 valence electrons. The van der Waals surface area contributed by atoms with Crippen LogP contribution in [-0.4, -0.2) is 24.9 Å². The van der Waals surface area contributed by atoms with Crippen LogP contribution in [-0.2, 0) is 0 Å². The molecule has 0 saturated carbocycles. The number of imide groups is 1. The molecule has 0 fully saturated rings. The molecule has 3 rings (SSSR count). The van der Waals surface area contributed by atoms with E-state index in [9.17, 15) is 9.59 Å². The second-order valence-electron chi connectivity index (χ2n) is 5.40. The molecule has 2 amide bonds. The number of nitrogens with one attached hydrogen (secondary N) is 1. The number of nitrogens with zero attached hydrogens (tertiary/aromatic N) is 3. The first-order valence-electron chi connectivity index (χ1n) is 7.89. The first-order chi connectivity index (χ1) is 11.6. The van der Waals surface area contributed by atoms with Gasteiger partial charge in [-0.1, -0.05) is 0 Å². The zero-order chi connectivity index (χ0) is 17.1. The van der Waals surface area contributed by atoms with Crippen molar-refractivity contribution in [2.75, 3.05) is 18.0 Å². The minimum Gasteiger partial charge on any atom is -0.372 e. The lowest BCUT2D eigenvalue weighted by Gasteiger charge is -2.20. The molecular weight excluding hydrogens is 304 g/mol. The quantitative estimate of drug-likeness (QED) is 0.671. The third-order valence-corrected chi connectivity index (χ3v) is 3.98. The molecule has 0 radical (unpaired) electrons. The molecule has 24 heavy (non-hydrogen) atoms. The summed E-state index contributed by atoms with van der Waals surface area (Å²) in [7, 11) is 0. The van der Waals surface area contributed by atoms with Crippen molar-refractivity contribution >= 4 is 28.9 Å². The molecule has 6 nitrogen and oxygen atoms in total. The SMILES string of the molecule is CCN(CC)c1ccc(N=Nc2ccc3c(c2)C(=O)NC3=O)cc1. The largest absolute Gasteiger partial charge is 0.372 e. The number of carbonyl (C=O) groups is 2. The van der Waals surface area contributed by atoms with E-state index in [4.69, 9.17) is 0 Å². The number of benzene rings is 2. The fraction of sp³-hybridized carbons (Fsp3) is 0.222. The maximum absolute atomic E-state index is 11.7. The zero-order valence-corrected chi connectivity index (χ0v) is 13.6. The van der Waals surface area contributed by atoms with Crippen LogP contribution in [0.1, 0.15) is 34.6 Å². The first-order valence-corrected chi connectivity index (χ1v) is 7.89. The van der Waals surface area contributed by atoms with E-state index in [1.54, 1.807) is 18.2 Å². The molecule has 0 unspecified atom stereocenters. The van der Waals surface area contributed by atoms with Crippen LogP contribution in [0.4, 0.5) is 17.1 Å². The highest BCUT2D eigenvalue weighted by atomic mass is 16.2. The van der Waals surface area contributed by atoms with Gasteiger partial charge in [0.25, 0.3) is 11.8 Å². The van der Waals surface area contributed by atoms with Gasteiger partial charge in [-0.3, -0.25) is 14.9 Å². The van der Waals surface area contributed by atoms with Crippen molar-refractivity contribution in [1.82, 2.24) is 5.32 Å². The number of carbonyl (C=O) groups excluding carboxylic acids is 2. The number of hydrogen-bond acceptors (Lipinski definition) is 5. The molecule has 1 N–H and O–H groups in total. The molecule has 0 spiro atoms. The molecule has 0 aromatic heterocycles. The van der Waals surface area contributed by atoms with Gasteiger partial charge in [0.1, 0.15) is 0 Å². The van der Waals surface area contributed by atoms with Gasteiger partial charge in [-0.05, 0) is 56.3 Å². The van der Waals surface area contributed by atoms with Crippen LogP contribution < -0.4 is 10.2 Å². The predicted octanol–water partition coefficient (Wildman–Crippen LogP) is 3.83. The Bertz CT molecular complexity index is 808. The van der Waals surface area contributed by atoms with Crippen LogP contribution in [0.15, 0.2) is 52.7 Å². The van der Waals surface area contributed by atoms with Gasteiger partial charge in [-0.15, -0.1) is 0 Å². The average molecular weight is 322 g/mol. The van der Waals surface area contributed by atoms with Gasteiger partial charge in [-0.25, -0.2) is 0 Å². The topological polar surface area (TPSA) is 74.1 Å². The van der Waals surface area contributed by atoms with Crippen LogP contribution in [0.5, 0.6) is 0 Å². The van der Waals surface area contributed by atoms with Gasteiger partial charge in [0, 0.05) is 18.8 Å². The van der Waals surface area contributed by atoms with Crippen LogP contribution in [0.25, 0.3) is 0 Å². The third kappa shape index (κ3) is 3.03. The Labute approximate surface area is 140 Å². The van der Waals surface area contributed by atoms with E-state index in [-0.39, 0.29) is 5.91 Å². The van der Waals surface area contributed by atoms with E-state index in [1.165, 1.54) is 0 Å². The van der Waals surface area contributed by atoms with E-state index >= 15 is 0 Å². The standard InChI is InChI=1S/C18H18N4O2/c1-3-22(4-2)14-8-5-12(6-9-14)20-21-13-7-10-15-16(11-13)18(24)19-17(15)23/h5-11H,3-4H2,1-2H3,(H,19,23,24). The molecule has 0 saturated heterocycles. The number of anilines is 1. The van der Waals surface area contributed by atoms with E-state index in [0.29, 0.717) is 16.8 Å². The third-order valence-electron chi connectivity index (χ3n) is 3.98. The maximum atomic E-state index is 11.7. The van der Waals surface area contributed by atoms with Gasteiger partial charge in [0.2, 0.25) is 0 Å². The van der Waals surface area contributed by atoms with Gasteiger partial charge in [0.05, 0.1) is 22.5 Å². The Balaban J connectivity index is 1.78. The van der Waals surface area contributed by atoms with Crippen molar-refractivity contribution in [2.24, 2.45) is 10.2 Å². The molecule has 0 atom stereocenters. The van der Waals surface area contributed by atoms with Gasteiger partial charge in [-0.2, -0.15) is 10.2 Å². The Hall–Kier alpha value is -3.02. The van der Waals surface area contributed by atoms with Gasteiger partial charge < -0.3 is 4.90 Å². The number of rotatable bonds is 5. The molecule has 2 aromatic carbocycles. The predicted molar refractivity (Wildman–Crippen MR) is 92.4 cm³/mol. The highest BCUT2D eigenvalue weighted by molar-refractivity contribution is 6.21. The monoisotopic (exact) mass is 322 g/mol. The van der Waals surface area contributed by atoms with Gasteiger partial charge >= 0.3 is 0 Å². The van der Waals surface area contributed by atoms with Crippen LogP contribution in [0.2, 0.25) is 0 Å². The van der Waals surface area contributed by atoms with Crippen molar-refractivity contribution in [3.63, 3.8) is 0 Å². The summed E-state index contributed by atoms with van der Waals surface area (Å²) in [5, 5.41) is 10.6. The number of hydrogen-bond donors (Lipinski definition) is 1. The number of amides is 2. The lowest BCUT2D eigenvalue weighted by molar-refractivity contribution is 0.0879. The molecule has 2 aromatic rings. The highest BCUT2D eigenvalue weighted by Gasteiger charge is 2.26. The molecule has 0 bridgehead atoms. The van der Waals surface area contributed by atoms with Crippen LogP contribution in [0, 0.1) is 0 Å². The summed E-state index contributed by atoms with van der Waals surface area (Å²) in [5.41, 5.74) is 3.13. The Morgan fingerprint density at radius 2 is 1.42 bits per heavy atom. The van der Waals surface area contributed by atoms with Crippen LogP contribution >= 0.6 is 0 Å². The fourth-order valence-corrected chi connectivity index (χ4v) is 2.65. The summed E-state index contributed by atoms with van der Waals surface area (Å²) in [4.78, 5) is 25.4. The van der Waals surface area contributed by atoms with Crippen molar-refractivity contribution in [2.45, 2.75) is 13.8 Å². The van der Waals surface area contributed by atoms with Crippen LogP contribution in [0.3, 0.4) is 0 Å². The van der Waals surface area contributed by atoms with Crippen molar-refractivity contribution < 1.29 is 9.59 Å². The van der Waals surface area contributed by atoms with E-state index in [2.05, 4.69) is 34.3 Å². The minimum absolute atomic E-state index is 0.341. The Morgan fingerprint density at radius 1 is 0.833 bits per heavy atom. The second-order valence-corrected chi connectivity index (χ2v) is 5.40. The van der Waals surface area contributed by atoms with E-state index < -0.39 is 5.91 Å². The molecule has 1 heterocycles. The number of azo groups is 1. The summed E-state index contributed by atoms with van der Waals surface area (Å²) in [6.45, 7) is 6.14. The summed E-state index contributed by atoms with van der Waals surface area (Å²) >= 11 is 0. The Morgan fingerprint density at radius 3 is 2.08 bits per heavy atom. The lowest BCUT2D eigenvalue weighted by atomic mass is 10.1. The molecular formula is C18H18N4O2. The highest BCUT2D eigenvalue weighted by Crippen LogP contribution is 2.25. The van der Waals surface area contributed by atoms with E-state index in [1.807, 2.05) is 24.3 Å². The molecule has 0 aliphatic carbocycles. The first kappa shape index (κ1) is 15.9. The van der Waals surface area contributed by atoms with Crippen molar-refractivity contribution in [3.05, 3.63) is 53.6 Å². The average Bonchev–Trinajstić information content (AvgIpc) is 2.89. The lowest BCUT2D eigenvalue weighted by Crippen LogP contribution is -2.21. The Kier molecular flexibility index (Phi) is 4.37. The molecule has 6 heteroatoms. The summed E-state index contributed by atoms with van der Waals surface area (Å²) < 4.78 is 0. The van der Waals surface area contributed by atoms with E-state index in [0.717, 1.165) is 24.5 Å². The minimum atomic E-state index is -0.393. The summed E-state index contributed by atoms with van der Waals surface area (Å²) in [6, 6.07) is 12.7. The van der Waals surface area contributed by atoms with Gasteiger partial charge in [0.15, 0.2) is 0 Å². The van der Waals surface area contributed by atoms with Crippen molar-refractivity contribution in [3.8, 4) is 0 Å². The smallest absolute Gasteiger partial charge is 0.259 e. The number of fused-ring (bicyclic) bond motifs is 1.